The molecule has 2 N–H and O–H groups in total. The molecule has 0 aliphatic heterocycles. The van der Waals surface area contributed by atoms with Crippen LogP contribution in [0.2, 0.25) is 0 Å². The Bertz CT molecular complexity index is 787. The summed E-state index contributed by atoms with van der Waals surface area (Å²) in [5.41, 5.74) is 2.32. The van der Waals surface area contributed by atoms with Crippen molar-refractivity contribution < 1.29 is 4.74 Å². The Morgan fingerprint density at radius 3 is 2.69 bits per heavy atom. The average Bonchev–Trinajstić information content (AvgIpc) is 3.42. The number of halogens is 1. The lowest BCUT2D eigenvalue weighted by Gasteiger charge is -2.24. The van der Waals surface area contributed by atoms with E-state index in [1.807, 2.05) is 36.1 Å². The van der Waals surface area contributed by atoms with E-state index in [1.54, 1.807) is 7.05 Å². The molecule has 1 aliphatic rings. The van der Waals surface area contributed by atoms with Gasteiger partial charge in [-0.15, -0.1) is 24.0 Å². The minimum atomic E-state index is 0. The molecule has 1 atom stereocenters. The fourth-order valence-corrected chi connectivity index (χ4v) is 3.09. The maximum absolute atomic E-state index is 6.00. The summed E-state index contributed by atoms with van der Waals surface area (Å²) in [6, 6.07) is 8.41. The molecule has 1 unspecified atom stereocenters. The fraction of sp³-hybridized carbons (Fsp3) is 0.524. The maximum atomic E-state index is 6.00. The highest BCUT2D eigenvalue weighted by molar-refractivity contribution is 14.0. The number of aryl methyl sites for hydroxylation is 1. The topological polar surface area (TPSA) is 66.7 Å². The Morgan fingerprint density at radius 1 is 1.31 bits per heavy atom. The summed E-state index contributed by atoms with van der Waals surface area (Å²) in [6.07, 6.45) is 6.55. The molecular formula is C21H33IN6O. The molecular weight excluding hydrogens is 479 g/mol. The van der Waals surface area contributed by atoms with E-state index in [0.29, 0.717) is 6.54 Å². The zero-order valence-electron chi connectivity index (χ0n) is 17.8. The zero-order chi connectivity index (χ0) is 19.9. The van der Waals surface area contributed by atoms with E-state index >= 15 is 0 Å². The fourth-order valence-electron chi connectivity index (χ4n) is 3.09. The van der Waals surface area contributed by atoms with Crippen LogP contribution in [0, 0.1) is 5.92 Å². The van der Waals surface area contributed by atoms with E-state index in [0.717, 1.165) is 36.3 Å². The molecule has 0 radical (unpaired) electrons. The number of likely N-dealkylation sites (N-methyl/N-ethyl adjacent to an activating group) is 1. The molecule has 0 spiro atoms. The van der Waals surface area contributed by atoms with Crippen LogP contribution in [0.1, 0.15) is 30.0 Å². The molecule has 1 saturated carbocycles. The lowest BCUT2D eigenvalue weighted by atomic mass is 10.1. The molecule has 3 rings (SSSR count). The number of nitrogens with zero attached hydrogens (tertiary/aromatic N) is 4. The largest absolute Gasteiger partial charge is 0.493 e. The molecule has 160 valence electrons. The van der Waals surface area contributed by atoms with E-state index < -0.39 is 0 Å². The van der Waals surface area contributed by atoms with Gasteiger partial charge in [0.1, 0.15) is 5.75 Å². The Balaban J connectivity index is 0.00000300. The summed E-state index contributed by atoms with van der Waals surface area (Å²) >= 11 is 0. The maximum Gasteiger partial charge on any atom is 0.191 e. The van der Waals surface area contributed by atoms with Crippen molar-refractivity contribution in [3.8, 4) is 5.75 Å². The van der Waals surface area contributed by atoms with Gasteiger partial charge in [-0.05, 0) is 38.9 Å². The second-order valence-electron chi connectivity index (χ2n) is 7.60. The van der Waals surface area contributed by atoms with Crippen molar-refractivity contribution in [2.75, 3.05) is 34.3 Å². The SMILES string of the molecule is CN=C(NCc1ccccc1OCC1CC1)NCC(c1cnn(C)c1)N(C)C.I. The van der Waals surface area contributed by atoms with Crippen molar-refractivity contribution >= 4 is 29.9 Å². The summed E-state index contributed by atoms with van der Waals surface area (Å²) in [4.78, 5) is 6.54. The Morgan fingerprint density at radius 2 is 2.07 bits per heavy atom. The first kappa shape index (κ1) is 23.5. The van der Waals surface area contributed by atoms with Crippen molar-refractivity contribution in [2.45, 2.75) is 25.4 Å². The summed E-state index contributed by atoms with van der Waals surface area (Å²) in [6.45, 7) is 2.22. The third kappa shape index (κ3) is 7.18. The number of aliphatic imine (C=N–C) groups is 1. The molecule has 7 nitrogen and oxygen atoms in total. The van der Waals surface area contributed by atoms with Crippen LogP contribution < -0.4 is 15.4 Å². The predicted molar refractivity (Wildman–Crippen MR) is 128 cm³/mol. The first-order chi connectivity index (χ1) is 13.6. The molecule has 1 aromatic heterocycles. The Kier molecular flexibility index (Phi) is 9.22. The highest BCUT2D eigenvalue weighted by Gasteiger charge is 2.22. The number of ether oxygens (including phenoxy) is 1. The number of guanidine groups is 1. The van der Waals surface area contributed by atoms with E-state index in [1.165, 1.54) is 18.4 Å². The van der Waals surface area contributed by atoms with Gasteiger partial charge in [0.15, 0.2) is 5.96 Å². The molecule has 1 fully saturated rings. The quantitative estimate of drug-likeness (QED) is 0.308. The number of rotatable bonds is 9. The second kappa shape index (κ2) is 11.4. The molecule has 29 heavy (non-hydrogen) atoms. The minimum Gasteiger partial charge on any atom is -0.493 e. The van der Waals surface area contributed by atoms with Crippen LogP contribution >= 0.6 is 24.0 Å². The number of aromatic nitrogens is 2. The van der Waals surface area contributed by atoms with E-state index in [4.69, 9.17) is 4.74 Å². The van der Waals surface area contributed by atoms with Gasteiger partial charge in [-0.3, -0.25) is 9.67 Å². The molecule has 0 amide bonds. The van der Waals surface area contributed by atoms with Gasteiger partial charge in [0.2, 0.25) is 0 Å². The lowest BCUT2D eigenvalue weighted by Crippen LogP contribution is -2.41. The van der Waals surface area contributed by atoms with Crippen molar-refractivity contribution in [2.24, 2.45) is 18.0 Å². The molecule has 1 aliphatic carbocycles. The van der Waals surface area contributed by atoms with E-state index in [2.05, 4.69) is 52.0 Å². The van der Waals surface area contributed by atoms with Crippen LogP contribution in [0.15, 0.2) is 41.7 Å². The molecule has 0 bridgehead atoms. The van der Waals surface area contributed by atoms with Gasteiger partial charge < -0.3 is 20.3 Å². The van der Waals surface area contributed by atoms with Gasteiger partial charge in [-0.2, -0.15) is 5.10 Å². The van der Waals surface area contributed by atoms with Crippen LogP contribution in [0.3, 0.4) is 0 Å². The van der Waals surface area contributed by atoms with Crippen LogP contribution in [-0.2, 0) is 13.6 Å². The van der Waals surface area contributed by atoms with Crippen molar-refractivity contribution in [1.82, 2.24) is 25.3 Å². The monoisotopic (exact) mass is 512 g/mol. The molecule has 2 aromatic rings. The Hall–Kier alpha value is -1.81. The first-order valence-electron chi connectivity index (χ1n) is 9.87. The highest BCUT2D eigenvalue weighted by Crippen LogP contribution is 2.30. The van der Waals surface area contributed by atoms with Gasteiger partial charge in [-0.1, -0.05) is 18.2 Å². The van der Waals surface area contributed by atoms with E-state index in [-0.39, 0.29) is 30.0 Å². The summed E-state index contributed by atoms with van der Waals surface area (Å²) in [5.74, 6) is 2.47. The van der Waals surface area contributed by atoms with Gasteiger partial charge in [0.25, 0.3) is 0 Å². The molecule has 1 aromatic carbocycles. The summed E-state index contributed by atoms with van der Waals surface area (Å²) in [5, 5.41) is 11.1. The average molecular weight is 512 g/mol. The second-order valence-corrected chi connectivity index (χ2v) is 7.60. The Labute approximate surface area is 190 Å². The summed E-state index contributed by atoms with van der Waals surface area (Å²) < 4.78 is 7.83. The van der Waals surface area contributed by atoms with Crippen LogP contribution in [0.4, 0.5) is 0 Å². The highest BCUT2D eigenvalue weighted by atomic mass is 127. The van der Waals surface area contributed by atoms with Gasteiger partial charge >= 0.3 is 0 Å². The lowest BCUT2D eigenvalue weighted by molar-refractivity contribution is 0.296. The van der Waals surface area contributed by atoms with Gasteiger partial charge in [-0.25, -0.2) is 0 Å². The summed E-state index contributed by atoms with van der Waals surface area (Å²) in [7, 11) is 7.87. The predicted octanol–water partition coefficient (Wildman–Crippen LogP) is 2.79. The molecule has 8 heteroatoms. The third-order valence-corrected chi connectivity index (χ3v) is 5.01. The number of hydrogen-bond acceptors (Lipinski definition) is 4. The molecule has 1 heterocycles. The third-order valence-electron chi connectivity index (χ3n) is 5.01. The zero-order valence-corrected chi connectivity index (χ0v) is 20.1. The first-order valence-corrected chi connectivity index (χ1v) is 9.87. The van der Waals surface area contributed by atoms with Crippen molar-refractivity contribution in [3.63, 3.8) is 0 Å². The van der Waals surface area contributed by atoms with E-state index in [9.17, 15) is 0 Å². The van der Waals surface area contributed by atoms with Crippen LogP contribution in [0.5, 0.6) is 5.75 Å². The van der Waals surface area contributed by atoms with Crippen molar-refractivity contribution in [1.29, 1.82) is 0 Å². The number of hydrogen-bond donors (Lipinski definition) is 2. The number of para-hydroxylation sites is 1. The van der Waals surface area contributed by atoms with Gasteiger partial charge in [0.05, 0.1) is 18.8 Å². The molecule has 0 saturated heterocycles. The van der Waals surface area contributed by atoms with Crippen LogP contribution in [-0.4, -0.2) is 54.9 Å². The normalized spacial score (nSPS) is 15.0. The smallest absolute Gasteiger partial charge is 0.191 e. The standard InChI is InChI=1S/C21H32N6O.HI/c1-22-21(24-13-19(26(2)3)18-12-25-27(4)14-18)23-11-17-7-5-6-8-20(17)28-15-16-9-10-16;/h5-8,12,14,16,19H,9-11,13,15H2,1-4H3,(H2,22,23,24);1H. The minimum absolute atomic E-state index is 0. The number of benzene rings is 1. The van der Waals surface area contributed by atoms with Gasteiger partial charge in [0, 0.05) is 44.5 Å². The van der Waals surface area contributed by atoms with Crippen LogP contribution in [0.25, 0.3) is 0 Å². The van der Waals surface area contributed by atoms with Crippen molar-refractivity contribution in [3.05, 3.63) is 47.8 Å². The number of nitrogens with one attached hydrogen (secondary N) is 2.